The first kappa shape index (κ1) is 13.8. The molecule has 6 nitrogen and oxygen atoms in total. The summed E-state index contributed by atoms with van der Waals surface area (Å²) >= 11 is 0. The molecular formula is C11H19NO5S. The van der Waals surface area contributed by atoms with Crippen molar-refractivity contribution in [3.63, 3.8) is 0 Å². The molecule has 0 aromatic carbocycles. The second kappa shape index (κ2) is 5.54. The Kier molecular flexibility index (Phi) is 4.24. The molecular weight excluding hydrogens is 258 g/mol. The molecule has 2 fully saturated rings. The van der Waals surface area contributed by atoms with Gasteiger partial charge in [-0.05, 0) is 18.8 Å². The lowest BCUT2D eigenvalue weighted by molar-refractivity contribution is -0.152. The number of ether oxygens (including phenoxy) is 1. The SMILES string of the molecule is O=C1COC(CO)CN1CC1CCS(=O)(=O)CC1. The normalized spacial score (nSPS) is 29.5. The third-order valence-corrected chi connectivity index (χ3v) is 5.29. The molecule has 1 atom stereocenters. The molecule has 2 rings (SSSR count). The maximum Gasteiger partial charge on any atom is 0.248 e. The molecule has 2 saturated heterocycles. The van der Waals surface area contributed by atoms with E-state index in [9.17, 15) is 13.2 Å². The Morgan fingerprint density at radius 1 is 1.33 bits per heavy atom. The zero-order valence-corrected chi connectivity index (χ0v) is 11.1. The number of hydrogen-bond donors (Lipinski definition) is 1. The summed E-state index contributed by atoms with van der Waals surface area (Å²) < 4.78 is 27.8. The number of sulfone groups is 1. The zero-order chi connectivity index (χ0) is 13.2. The molecule has 7 heteroatoms. The van der Waals surface area contributed by atoms with Gasteiger partial charge in [-0.25, -0.2) is 8.42 Å². The van der Waals surface area contributed by atoms with Crippen LogP contribution in [-0.2, 0) is 19.4 Å². The van der Waals surface area contributed by atoms with E-state index in [0.29, 0.717) is 25.9 Å². The Morgan fingerprint density at radius 2 is 2.00 bits per heavy atom. The van der Waals surface area contributed by atoms with Crippen molar-refractivity contribution in [3.05, 3.63) is 0 Å². The molecule has 1 amide bonds. The summed E-state index contributed by atoms with van der Waals surface area (Å²) in [5, 5.41) is 9.03. The molecule has 0 radical (unpaired) electrons. The highest BCUT2D eigenvalue weighted by atomic mass is 32.2. The van der Waals surface area contributed by atoms with Gasteiger partial charge in [0.15, 0.2) is 0 Å². The summed E-state index contributed by atoms with van der Waals surface area (Å²) in [4.78, 5) is 13.3. The molecule has 1 N–H and O–H groups in total. The highest BCUT2D eigenvalue weighted by molar-refractivity contribution is 7.91. The first-order valence-corrected chi connectivity index (χ1v) is 8.03. The van der Waals surface area contributed by atoms with Crippen molar-refractivity contribution in [2.75, 3.05) is 37.8 Å². The zero-order valence-electron chi connectivity index (χ0n) is 10.2. The van der Waals surface area contributed by atoms with Crippen LogP contribution < -0.4 is 0 Å². The number of nitrogens with zero attached hydrogens (tertiary/aromatic N) is 1. The third-order valence-electron chi connectivity index (χ3n) is 3.58. The maximum atomic E-state index is 11.7. The number of carbonyl (C=O) groups is 1. The van der Waals surface area contributed by atoms with Gasteiger partial charge in [-0.1, -0.05) is 0 Å². The summed E-state index contributed by atoms with van der Waals surface area (Å²) in [6, 6.07) is 0. The largest absolute Gasteiger partial charge is 0.394 e. The highest BCUT2D eigenvalue weighted by Crippen LogP contribution is 2.21. The van der Waals surface area contributed by atoms with Crippen molar-refractivity contribution < 1.29 is 23.1 Å². The van der Waals surface area contributed by atoms with Gasteiger partial charge in [0.2, 0.25) is 5.91 Å². The van der Waals surface area contributed by atoms with Crippen LogP contribution in [0, 0.1) is 5.92 Å². The Hall–Kier alpha value is -0.660. The average Bonchev–Trinajstić information content (AvgIpc) is 2.34. The van der Waals surface area contributed by atoms with Gasteiger partial charge in [-0.2, -0.15) is 0 Å². The Labute approximate surface area is 107 Å². The number of rotatable bonds is 3. The van der Waals surface area contributed by atoms with E-state index < -0.39 is 9.84 Å². The molecule has 0 saturated carbocycles. The summed E-state index contributed by atoms with van der Waals surface area (Å²) in [5.74, 6) is 0.613. The minimum Gasteiger partial charge on any atom is -0.394 e. The van der Waals surface area contributed by atoms with E-state index >= 15 is 0 Å². The van der Waals surface area contributed by atoms with Crippen LogP contribution in [-0.4, -0.2) is 68.2 Å². The predicted molar refractivity (Wildman–Crippen MR) is 64.8 cm³/mol. The lowest BCUT2D eigenvalue weighted by Crippen LogP contribution is -2.50. The summed E-state index contributed by atoms with van der Waals surface area (Å²) in [7, 11) is -2.85. The van der Waals surface area contributed by atoms with Crippen LogP contribution in [0.2, 0.25) is 0 Å². The number of carbonyl (C=O) groups excluding carboxylic acids is 1. The van der Waals surface area contributed by atoms with Crippen LogP contribution in [0.15, 0.2) is 0 Å². The van der Waals surface area contributed by atoms with Crippen molar-refractivity contribution in [1.29, 1.82) is 0 Å². The van der Waals surface area contributed by atoms with Gasteiger partial charge < -0.3 is 14.7 Å². The number of aliphatic hydroxyl groups is 1. The lowest BCUT2D eigenvalue weighted by Gasteiger charge is -2.35. The van der Waals surface area contributed by atoms with E-state index in [1.54, 1.807) is 4.90 Å². The molecule has 2 aliphatic rings. The quantitative estimate of drug-likeness (QED) is 0.717. The van der Waals surface area contributed by atoms with Gasteiger partial charge in [0.1, 0.15) is 16.4 Å². The van der Waals surface area contributed by atoms with Crippen LogP contribution in [0.5, 0.6) is 0 Å². The van der Waals surface area contributed by atoms with Gasteiger partial charge in [-0.15, -0.1) is 0 Å². The number of amides is 1. The summed E-state index contributed by atoms with van der Waals surface area (Å²) in [5.41, 5.74) is 0. The number of morpholine rings is 1. The van der Waals surface area contributed by atoms with Crippen molar-refractivity contribution in [2.24, 2.45) is 5.92 Å². The molecule has 0 aromatic heterocycles. The first-order valence-electron chi connectivity index (χ1n) is 6.21. The second-order valence-electron chi connectivity index (χ2n) is 5.01. The van der Waals surface area contributed by atoms with Gasteiger partial charge >= 0.3 is 0 Å². The lowest BCUT2D eigenvalue weighted by atomic mass is 10.0. The molecule has 0 aromatic rings. The fourth-order valence-corrected chi connectivity index (χ4v) is 3.99. The highest BCUT2D eigenvalue weighted by Gasteiger charge is 2.30. The van der Waals surface area contributed by atoms with Crippen molar-refractivity contribution in [2.45, 2.75) is 18.9 Å². The first-order chi connectivity index (χ1) is 8.50. The van der Waals surface area contributed by atoms with Crippen LogP contribution in [0.1, 0.15) is 12.8 Å². The van der Waals surface area contributed by atoms with E-state index in [1.165, 1.54) is 0 Å². The molecule has 0 aliphatic carbocycles. The van der Waals surface area contributed by atoms with Gasteiger partial charge in [-0.3, -0.25) is 4.79 Å². The minimum atomic E-state index is -2.85. The van der Waals surface area contributed by atoms with E-state index in [1.807, 2.05) is 0 Å². The third kappa shape index (κ3) is 3.43. The standard InChI is InChI=1S/C11H19NO5S/c13-7-10-6-12(11(14)8-17-10)5-9-1-3-18(15,16)4-2-9/h9-10,13H,1-8H2. The number of hydrogen-bond acceptors (Lipinski definition) is 5. The van der Waals surface area contributed by atoms with Gasteiger partial charge in [0, 0.05) is 13.1 Å². The topological polar surface area (TPSA) is 83.9 Å². The van der Waals surface area contributed by atoms with Crippen LogP contribution in [0.3, 0.4) is 0 Å². The molecule has 0 spiro atoms. The molecule has 1 unspecified atom stereocenters. The fourth-order valence-electron chi connectivity index (χ4n) is 2.40. The Bertz CT molecular complexity index is 394. The van der Waals surface area contributed by atoms with E-state index in [-0.39, 0.29) is 42.6 Å². The molecule has 0 bridgehead atoms. The van der Waals surface area contributed by atoms with Crippen LogP contribution in [0.25, 0.3) is 0 Å². The minimum absolute atomic E-state index is 0.0102. The van der Waals surface area contributed by atoms with E-state index in [0.717, 1.165) is 0 Å². The van der Waals surface area contributed by atoms with Crippen molar-refractivity contribution in [1.82, 2.24) is 4.90 Å². The summed E-state index contributed by atoms with van der Waals surface area (Å²) in [6.07, 6.45) is 0.933. The smallest absolute Gasteiger partial charge is 0.248 e. The molecule has 2 aliphatic heterocycles. The Morgan fingerprint density at radius 3 is 2.61 bits per heavy atom. The van der Waals surface area contributed by atoms with Gasteiger partial charge in [0.05, 0.1) is 24.2 Å². The van der Waals surface area contributed by atoms with Crippen molar-refractivity contribution in [3.8, 4) is 0 Å². The van der Waals surface area contributed by atoms with E-state index in [4.69, 9.17) is 9.84 Å². The predicted octanol–water partition coefficient (Wildman–Crippen LogP) is -0.969. The molecule has 2 heterocycles. The van der Waals surface area contributed by atoms with Crippen molar-refractivity contribution >= 4 is 15.7 Å². The second-order valence-corrected chi connectivity index (χ2v) is 7.31. The van der Waals surface area contributed by atoms with Crippen LogP contribution >= 0.6 is 0 Å². The van der Waals surface area contributed by atoms with E-state index in [2.05, 4.69) is 0 Å². The monoisotopic (exact) mass is 277 g/mol. The summed E-state index contributed by atoms with van der Waals surface area (Å²) in [6.45, 7) is 0.895. The average molecular weight is 277 g/mol. The van der Waals surface area contributed by atoms with Gasteiger partial charge in [0.25, 0.3) is 0 Å². The number of aliphatic hydroxyl groups excluding tert-OH is 1. The molecule has 104 valence electrons. The molecule has 18 heavy (non-hydrogen) atoms. The Balaban J connectivity index is 1.87. The fraction of sp³-hybridized carbons (Fsp3) is 0.909. The van der Waals surface area contributed by atoms with Crippen LogP contribution in [0.4, 0.5) is 0 Å². The maximum absolute atomic E-state index is 11.7.